The molecule has 29 heavy (non-hydrogen) atoms. The molecule has 1 amide bonds. The first-order valence-corrected chi connectivity index (χ1v) is 9.27. The van der Waals surface area contributed by atoms with Gasteiger partial charge in [0.05, 0.1) is 11.6 Å². The largest absolute Gasteiger partial charge is 0.406 e. The quantitative estimate of drug-likeness (QED) is 0.669. The van der Waals surface area contributed by atoms with Crippen LogP contribution < -0.4 is 10.9 Å². The summed E-state index contributed by atoms with van der Waals surface area (Å²) >= 11 is 0. The Morgan fingerprint density at radius 2 is 1.62 bits per heavy atom. The van der Waals surface area contributed by atoms with Crippen molar-refractivity contribution in [3.05, 3.63) is 81.8 Å². The number of halogens is 3. The number of pyridine rings is 1. The highest BCUT2D eigenvalue weighted by Gasteiger charge is 2.31. The van der Waals surface area contributed by atoms with Gasteiger partial charge in [-0.05, 0) is 25.0 Å². The molecule has 1 atom stereocenters. The summed E-state index contributed by atoms with van der Waals surface area (Å²) in [6, 6.07) is 15.3. The van der Waals surface area contributed by atoms with E-state index in [4.69, 9.17) is 0 Å². The van der Waals surface area contributed by atoms with Gasteiger partial charge >= 0.3 is 6.18 Å². The van der Waals surface area contributed by atoms with Crippen molar-refractivity contribution in [1.29, 1.82) is 0 Å². The van der Waals surface area contributed by atoms with Crippen molar-refractivity contribution in [3.63, 3.8) is 0 Å². The molecular weight excluding hydrogens is 381 g/mol. The number of amides is 1. The maximum Gasteiger partial charge on any atom is 0.406 e. The lowest BCUT2D eigenvalue weighted by atomic mass is 10.0. The zero-order chi connectivity index (χ0) is 21.2. The average molecular weight is 402 g/mol. The molecule has 1 N–H and O–H groups in total. The van der Waals surface area contributed by atoms with Gasteiger partial charge in [-0.1, -0.05) is 55.5 Å². The van der Waals surface area contributed by atoms with Crippen molar-refractivity contribution in [1.82, 2.24) is 9.88 Å². The summed E-state index contributed by atoms with van der Waals surface area (Å²) in [7, 11) is 0. The van der Waals surface area contributed by atoms with E-state index < -0.39 is 24.2 Å². The van der Waals surface area contributed by atoms with Crippen molar-refractivity contribution < 1.29 is 18.0 Å². The van der Waals surface area contributed by atoms with Crippen molar-refractivity contribution in [3.8, 4) is 0 Å². The summed E-state index contributed by atoms with van der Waals surface area (Å²) in [5.74, 6) is -0.509. The molecule has 7 heteroatoms. The van der Waals surface area contributed by atoms with Crippen molar-refractivity contribution in [2.45, 2.75) is 39.0 Å². The van der Waals surface area contributed by atoms with E-state index in [9.17, 15) is 22.8 Å². The third-order valence-electron chi connectivity index (χ3n) is 4.92. The summed E-state index contributed by atoms with van der Waals surface area (Å²) in [4.78, 5) is 25.8. The molecule has 0 aliphatic heterocycles. The first kappa shape index (κ1) is 20.6. The summed E-state index contributed by atoms with van der Waals surface area (Å²) < 4.78 is 39.8. The molecule has 3 rings (SSSR count). The third kappa shape index (κ3) is 4.34. The standard InChI is InChI=1S/C22H21F3N2O2/c1-3-18(15-9-5-4-6-10-15)26-20(28)19-14(2)27(13-22(23,24)25)21(29)17-12-8-7-11-16(17)19/h4-12,18H,3,13H2,1-2H3,(H,26,28)/t18-/m0/s1. The Labute approximate surface area is 166 Å². The van der Waals surface area contributed by atoms with Crippen molar-refractivity contribution in [2.24, 2.45) is 0 Å². The van der Waals surface area contributed by atoms with E-state index in [1.807, 2.05) is 37.3 Å². The van der Waals surface area contributed by atoms with Gasteiger partial charge in [0.15, 0.2) is 0 Å². The molecule has 152 valence electrons. The molecule has 3 aromatic rings. The Morgan fingerprint density at radius 3 is 2.21 bits per heavy atom. The molecule has 0 aliphatic rings. The van der Waals surface area contributed by atoms with E-state index >= 15 is 0 Å². The zero-order valence-corrected chi connectivity index (χ0v) is 16.1. The van der Waals surface area contributed by atoms with Crippen molar-refractivity contribution >= 4 is 16.7 Å². The molecule has 0 bridgehead atoms. The molecule has 0 saturated heterocycles. The van der Waals surface area contributed by atoms with E-state index in [2.05, 4.69) is 5.32 Å². The predicted octanol–water partition coefficient (Wildman–Crippen LogP) is 4.75. The lowest BCUT2D eigenvalue weighted by molar-refractivity contribution is -0.141. The monoisotopic (exact) mass is 402 g/mol. The van der Waals surface area contributed by atoms with Gasteiger partial charge in [-0.2, -0.15) is 13.2 Å². The zero-order valence-electron chi connectivity index (χ0n) is 16.1. The number of carbonyl (C=O) groups is 1. The van der Waals surface area contributed by atoms with E-state index in [-0.39, 0.29) is 22.7 Å². The molecule has 0 spiro atoms. The number of aromatic nitrogens is 1. The molecule has 0 unspecified atom stereocenters. The fourth-order valence-electron chi connectivity index (χ4n) is 3.51. The van der Waals surface area contributed by atoms with Gasteiger partial charge in [-0.15, -0.1) is 0 Å². The number of nitrogens with one attached hydrogen (secondary N) is 1. The summed E-state index contributed by atoms with van der Waals surface area (Å²) in [6.07, 6.45) is -3.98. The Hall–Kier alpha value is -3.09. The maximum atomic E-state index is 13.1. The number of fused-ring (bicyclic) bond motifs is 1. The lowest BCUT2D eigenvalue weighted by Gasteiger charge is -2.21. The fraction of sp³-hybridized carbons (Fsp3) is 0.273. The van der Waals surface area contributed by atoms with Gasteiger partial charge in [0.25, 0.3) is 11.5 Å². The summed E-state index contributed by atoms with van der Waals surface area (Å²) in [6.45, 7) is 1.84. The van der Waals surface area contributed by atoms with Crippen LogP contribution >= 0.6 is 0 Å². The highest BCUT2D eigenvalue weighted by Crippen LogP contribution is 2.25. The van der Waals surface area contributed by atoms with Crippen LogP contribution in [0.3, 0.4) is 0 Å². The van der Waals surface area contributed by atoms with Crippen molar-refractivity contribution in [2.75, 3.05) is 0 Å². The molecule has 0 fully saturated rings. The van der Waals surface area contributed by atoms with E-state index in [0.717, 1.165) is 5.56 Å². The first-order valence-electron chi connectivity index (χ1n) is 9.27. The Bertz CT molecular complexity index is 1090. The van der Waals surface area contributed by atoms with Crippen LogP contribution in [0.4, 0.5) is 13.2 Å². The highest BCUT2D eigenvalue weighted by atomic mass is 19.4. The van der Waals surface area contributed by atoms with Crippen LogP contribution in [0.2, 0.25) is 0 Å². The van der Waals surface area contributed by atoms with Gasteiger partial charge < -0.3 is 9.88 Å². The topological polar surface area (TPSA) is 51.1 Å². The number of rotatable bonds is 5. The van der Waals surface area contributed by atoms with Crippen LogP contribution in [-0.2, 0) is 6.54 Å². The average Bonchev–Trinajstić information content (AvgIpc) is 2.69. The van der Waals surface area contributed by atoms with Crippen LogP contribution in [0.15, 0.2) is 59.4 Å². The molecule has 0 saturated carbocycles. The van der Waals surface area contributed by atoms with Gasteiger partial charge in [-0.25, -0.2) is 0 Å². The van der Waals surface area contributed by atoms with Gasteiger partial charge in [0.2, 0.25) is 0 Å². The van der Waals surface area contributed by atoms with Crippen LogP contribution in [0.5, 0.6) is 0 Å². The van der Waals surface area contributed by atoms with E-state index in [1.54, 1.807) is 18.2 Å². The number of hydrogen-bond donors (Lipinski definition) is 1. The van der Waals surface area contributed by atoms with E-state index in [1.165, 1.54) is 13.0 Å². The smallest absolute Gasteiger partial charge is 0.345 e. The fourth-order valence-corrected chi connectivity index (χ4v) is 3.51. The molecule has 1 heterocycles. The lowest BCUT2D eigenvalue weighted by Crippen LogP contribution is -2.35. The number of carbonyl (C=O) groups excluding carboxylic acids is 1. The van der Waals surface area contributed by atoms with Gasteiger partial charge in [0.1, 0.15) is 6.54 Å². The molecular formula is C22H21F3N2O2. The number of alkyl halides is 3. The molecule has 2 aromatic carbocycles. The second-order valence-corrected chi connectivity index (χ2v) is 6.86. The van der Waals surface area contributed by atoms with Gasteiger partial charge in [-0.3, -0.25) is 9.59 Å². The minimum absolute atomic E-state index is 0.00793. The Balaban J connectivity index is 2.12. The van der Waals surface area contributed by atoms with Crippen LogP contribution in [0.25, 0.3) is 10.8 Å². The van der Waals surface area contributed by atoms with Crippen LogP contribution in [0.1, 0.15) is 41.0 Å². The maximum absolute atomic E-state index is 13.1. The summed E-state index contributed by atoms with van der Waals surface area (Å²) in [5.41, 5.74) is 0.210. The van der Waals surface area contributed by atoms with E-state index in [0.29, 0.717) is 16.4 Å². The molecule has 0 aliphatic carbocycles. The summed E-state index contributed by atoms with van der Waals surface area (Å²) in [5, 5.41) is 3.33. The van der Waals surface area contributed by atoms with Crippen LogP contribution in [0, 0.1) is 6.92 Å². The highest BCUT2D eigenvalue weighted by molar-refractivity contribution is 6.07. The molecule has 4 nitrogen and oxygen atoms in total. The number of benzene rings is 2. The molecule has 0 radical (unpaired) electrons. The minimum atomic E-state index is -4.58. The third-order valence-corrected chi connectivity index (χ3v) is 4.92. The second kappa shape index (κ2) is 8.11. The number of nitrogens with zero attached hydrogens (tertiary/aromatic N) is 1. The second-order valence-electron chi connectivity index (χ2n) is 6.86. The number of hydrogen-bond acceptors (Lipinski definition) is 2. The SMILES string of the molecule is CC[C@H](NC(=O)c1c(C)n(CC(F)(F)F)c(=O)c2ccccc12)c1ccccc1. The minimum Gasteiger partial charge on any atom is -0.345 e. The Kier molecular flexibility index (Phi) is 5.77. The van der Waals surface area contributed by atoms with Crippen LogP contribution in [-0.4, -0.2) is 16.7 Å². The first-order chi connectivity index (χ1) is 13.7. The van der Waals surface area contributed by atoms with Gasteiger partial charge in [0, 0.05) is 16.5 Å². The Morgan fingerprint density at radius 1 is 1.03 bits per heavy atom. The predicted molar refractivity (Wildman–Crippen MR) is 106 cm³/mol. The molecule has 1 aromatic heterocycles. The normalized spacial score (nSPS) is 12.7.